The zero-order chi connectivity index (χ0) is 6.85. The molecule has 52 valence electrons. The van der Waals surface area contributed by atoms with Gasteiger partial charge in [-0.2, -0.15) is 5.48 Å². The van der Waals surface area contributed by atoms with Gasteiger partial charge >= 0.3 is 5.97 Å². The van der Waals surface area contributed by atoms with Crippen LogP contribution in [0.15, 0.2) is 0 Å². The molecule has 0 aromatic carbocycles. The summed E-state index contributed by atoms with van der Waals surface area (Å²) in [6.07, 6.45) is -0.102. The van der Waals surface area contributed by atoms with Gasteiger partial charge in [-0.3, -0.25) is 4.84 Å². The van der Waals surface area contributed by atoms with E-state index in [4.69, 9.17) is 5.11 Å². The van der Waals surface area contributed by atoms with Gasteiger partial charge in [0.15, 0.2) is 6.10 Å². The lowest BCUT2D eigenvalue weighted by Gasteiger charge is -1.97. The number of carboxylic acids is 1. The molecule has 0 unspecified atom stereocenters. The smallest absolute Gasteiger partial charge is 0.335 e. The van der Waals surface area contributed by atoms with E-state index in [1.807, 2.05) is 6.92 Å². The summed E-state index contributed by atoms with van der Waals surface area (Å²) in [5.41, 5.74) is 2.57. The minimum absolute atomic E-state index is 0.158. The summed E-state index contributed by atoms with van der Waals surface area (Å²) in [6.45, 7) is 1.88. The van der Waals surface area contributed by atoms with Gasteiger partial charge in [-0.15, -0.1) is 0 Å². The predicted octanol–water partition coefficient (Wildman–Crippen LogP) is -0.247. The number of hydrogen-bond acceptors (Lipinski definition) is 3. The number of carboxylic acid groups (broad SMARTS) is 1. The number of nitrogens with one attached hydrogen (secondary N) is 1. The van der Waals surface area contributed by atoms with Gasteiger partial charge in [0.2, 0.25) is 0 Å². The highest BCUT2D eigenvalue weighted by atomic mass is 16.7. The van der Waals surface area contributed by atoms with Crippen LogP contribution in [0, 0.1) is 0 Å². The number of carbonyl (C=O) groups is 1. The Hall–Kier alpha value is -0.610. The molecule has 2 atom stereocenters. The van der Waals surface area contributed by atoms with E-state index in [0.29, 0.717) is 6.42 Å². The Kier molecular flexibility index (Phi) is 1.68. The van der Waals surface area contributed by atoms with Crippen molar-refractivity contribution in [3.63, 3.8) is 0 Å². The molecule has 0 aromatic rings. The molecular formula is C5H9NO3. The zero-order valence-corrected chi connectivity index (χ0v) is 5.13. The van der Waals surface area contributed by atoms with Crippen molar-refractivity contribution in [3.8, 4) is 0 Å². The van der Waals surface area contributed by atoms with Crippen LogP contribution in [0.2, 0.25) is 0 Å². The quantitative estimate of drug-likeness (QED) is 0.515. The molecule has 1 saturated heterocycles. The Morgan fingerprint density at radius 1 is 1.89 bits per heavy atom. The molecule has 0 aliphatic carbocycles. The predicted molar refractivity (Wildman–Crippen MR) is 29.7 cm³/mol. The van der Waals surface area contributed by atoms with Crippen molar-refractivity contribution >= 4 is 5.97 Å². The lowest BCUT2D eigenvalue weighted by atomic mass is 10.2. The monoisotopic (exact) mass is 131 g/mol. The van der Waals surface area contributed by atoms with Gasteiger partial charge in [0.25, 0.3) is 0 Å². The van der Waals surface area contributed by atoms with Crippen LogP contribution < -0.4 is 5.48 Å². The molecule has 4 nitrogen and oxygen atoms in total. The molecule has 0 saturated carbocycles. The Morgan fingerprint density at radius 2 is 2.56 bits per heavy atom. The van der Waals surface area contributed by atoms with Crippen molar-refractivity contribution in [2.45, 2.75) is 25.5 Å². The molecule has 1 heterocycles. The first-order valence-electron chi connectivity index (χ1n) is 2.84. The molecule has 0 radical (unpaired) electrons. The van der Waals surface area contributed by atoms with Gasteiger partial charge < -0.3 is 5.11 Å². The van der Waals surface area contributed by atoms with Gasteiger partial charge in [0.1, 0.15) is 0 Å². The maximum absolute atomic E-state index is 10.2. The second kappa shape index (κ2) is 2.33. The van der Waals surface area contributed by atoms with E-state index in [0.717, 1.165) is 0 Å². The van der Waals surface area contributed by atoms with Gasteiger partial charge in [-0.25, -0.2) is 4.79 Å². The summed E-state index contributed by atoms with van der Waals surface area (Å²) in [7, 11) is 0. The van der Waals surface area contributed by atoms with Gasteiger partial charge in [-0.05, 0) is 6.92 Å². The maximum Gasteiger partial charge on any atom is 0.335 e. The molecule has 2 N–H and O–H groups in total. The van der Waals surface area contributed by atoms with Crippen molar-refractivity contribution in [3.05, 3.63) is 0 Å². The second-order valence-corrected chi connectivity index (χ2v) is 2.20. The third kappa shape index (κ3) is 1.40. The second-order valence-electron chi connectivity index (χ2n) is 2.20. The summed E-state index contributed by atoms with van der Waals surface area (Å²) in [6, 6.07) is 0.158. The van der Waals surface area contributed by atoms with E-state index in [9.17, 15) is 4.79 Å². The molecule has 1 fully saturated rings. The van der Waals surface area contributed by atoms with E-state index in [1.165, 1.54) is 0 Å². The molecule has 0 spiro atoms. The molecule has 0 bridgehead atoms. The Bertz CT molecular complexity index is 125. The first kappa shape index (κ1) is 6.51. The number of hydrogen-bond donors (Lipinski definition) is 2. The van der Waals surface area contributed by atoms with Gasteiger partial charge in [0, 0.05) is 12.5 Å². The van der Waals surface area contributed by atoms with Crippen molar-refractivity contribution in [1.29, 1.82) is 0 Å². The third-order valence-corrected chi connectivity index (χ3v) is 1.25. The fourth-order valence-electron chi connectivity index (χ4n) is 0.767. The average Bonchev–Trinajstić information content (AvgIpc) is 2.14. The number of rotatable bonds is 1. The van der Waals surface area contributed by atoms with Crippen molar-refractivity contribution in [2.24, 2.45) is 0 Å². The summed E-state index contributed by atoms with van der Waals surface area (Å²) in [5.74, 6) is -0.896. The van der Waals surface area contributed by atoms with Crippen LogP contribution in [0.5, 0.6) is 0 Å². The molecule has 0 aromatic heterocycles. The fraction of sp³-hybridized carbons (Fsp3) is 0.800. The molecule has 1 aliphatic rings. The minimum atomic E-state index is -0.896. The lowest BCUT2D eigenvalue weighted by molar-refractivity contribution is -0.150. The highest BCUT2D eigenvalue weighted by molar-refractivity contribution is 5.72. The Balaban J connectivity index is 2.39. The van der Waals surface area contributed by atoms with Crippen LogP contribution in [0.1, 0.15) is 13.3 Å². The van der Waals surface area contributed by atoms with Crippen molar-refractivity contribution in [1.82, 2.24) is 5.48 Å². The lowest BCUT2D eigenvalue weighted by Crippen LogP contribution is -2.20. The number of hydroxylamine groups is 1. The van der Waals surface area contributed by atoms with Crippen LogP contribution >= 0.6 is 0 Å². The summed E-state index contributed by atoms with van der Waals surface area (Å²) >= 11 is 0. The standard InChI is InChI=1S/C5H9NO3/c1-3-2-4(5(7)8)9-6-3/h3-4,6H,2H2,1H3,(H,7,8)/t3-,4-/m1/s1. The van der Waals surface area contributed by atoms with Crippen LogP contribution in [0.3, 0.4) is 0 Å². The summed E-state index contributed by atoms with van der Waals surface area (Å²) in [4.78, 5) is 14.9. The largest absolute Gasteiger partial charge is 0.479 e. The first-order valence-corrected chi connectivity index (χ1v) is 2.84. The highest BCUT2D eigenvalue weighted by Gasteiger charge is 2.27. The van der Waals surface area contributed by atoms with E-state index in [1.54, 1.807) is 0 Å². The van der Waals surface area contributed by atoms with Crippen LogP contribution in [-0.4, -0.2) is 23.2 Å². The van der Waals surface area contributed by atoms with Crippen molar-refractivity contribution in [2.75, 3.05) is 0 Å². The van der Waals surface area contributed by atoms with Gasteiger partial charge in [-0.1, -0.05) is 0 Å². The van der Waals surface area contributed by atoms with Crippen LogP contribution in [-0.2, 0) is 9.63 Å². The van der Waals surface area contributed by atoms with Crippen molar-refractivity contribution < 1.29 is 14.7 Å². The molecule has 9 heavy (non-hydrogen) atoms. The normalized spacial score (nSPS) is 34.8. The third-order valence-electron chi connectivity index (χ3n) is 1.25. The topological polar surface area (TPSA) is 58.6 Å². The average molecular weight is 131 g/mol. The van der Waals surface area contributed by atoms with E-state index in [2.05, 4.69) is 10.3 Å². The first-order chi connectivity index (χ1) is 4.20. The molecule has 4 heteroatoms. The number of aliphatic carboxylic acids is 1. The molecule has 1 aliphatic heterocycles. The van der Waals surface area contributed by atoms with E-state index >= 15 is 0 Å². The van der Waals surface area contributed by atoms with E-state index < -0.39 is 12.1 Å². The minimum Gasteiger partial charge on any atom is -0.479 e. The zero-order valence-electron chi connectivity index (χ0n) is 5.13. The van der Waals surface area contributed by atoms with Crippen LogP contribution in [0.4, 0.5) is 0 Å². The maximum atomic E-state index is 10.2. The van der Waals surface area contributed by atoms with Crippen LogP contribution in [0.25, 0.3) is 0 Å². The van der Waals surface area contributed by atoms with E-state index in [-0.39, 0.29) is 6.04 Å². The Morgan fingerprint density at radius 3 is 2.78 bits per heavy atom. The summed E-state index contributed by atoms with van der Waals surface area (Å²) in [5, 5.41) is 8.37. The Labute approximate surface area is 52.8 Å². The highest BCUT2D eigenvalue weighted by Crippen LogP contribution is 2.08. The molecular weight excluding hydrogens is 122 g/mol. The molecule has 1 rings (SSSR count). The van der Waals surface area contributed by atoms with Gasteiger partial charge in [0.05, 0.1) is 0 Å². The summed E-state index contributed by atoms with van der Waals surface area (Å²) < 4.78 is 0. The SMILES string of the molecule is C[C@@H]1C[C@H](C(=O)O)ON1. The molecule has 0 amide bonds. The fourth-order valence-corrected chi connectivity index (χ4v) is 0.767.